The summed E-state index contributed by atoms with van der Waals surface area (Å²) >= 11 is 3.39. The van der Waals surface area contributed by atoms with Gasteiger partial charge in [0.25, 0.3) is 0 Å². The van der Waals surface area contributed by atoms with Gasteiger partial charge in [-0.1, -0.05) is 40.2 Å². The number of carbonyl (C=O) groups is 1. The van der Waals surface area contributed by atoms with Crippen molar-refractivity contribution in [1.29, 1.82) is 0 Å². The van der Waals surface area contributed by atoms with Gasteiger partial charge in [-0.3, -0.25) is 4.79 Å². The molecular formula is C9H8BrNO. The molecule has 0 saturated heterocycles. The zero-order valence-electron chi connectivity index (χ0n) is 6.33. The van der Waals surface area contributed by atoms with Crippen molar-refractivity contribution >= 4 is 21.8 Å². The molecular weight excluding hydrogens is 218 g/mol. The number of allylic oxidation sites excluding steroid dienone is 2. The van der Waals surface area contributed by atoms with Crippen molar-refractivity contribution in [1.82, 2.24) is 5.32 Å². The van der Waals surface area contributed by atoms with Crippen molar-refractivity contribution in [2.75, 3.05) is 0 Å². The van der Waals surface area contributed by atoms with E-state index >= 15 is 0 Å². The molecule has 2 unspecified atom stereocenters. The molecule has 2 rings (SSSR count). The predicted octanol–water partition coefficient (Wildman–Crippen LogP) is 1.51. The molecule has 62 valence electrons. The number of hydrogen-bond donors (Lipinski definition) is 1. The van der Waals surface area contributed by atoms with Crippen LogP contribution in [0.25, 0.3) is 0 Å². The molecule has 0 spiro atoms. The van der Waals surface area contributed by atoms with Crippen LogP contribution in [-0.2, 0) is 4.79 Å². The second kappa shape index (κ2) is 2.90. The van der Waals surface area contributed by atoms with Gasteiger partial charge in [-0.05, 0) is 0 Å². The van der Waals surface area contributed by atoms with Gasteiger partial charge in [0.05, 0.1) is 6.04 Å². The minimum absolute atomic E-state index is 0.0249. The van der Waals surface area contributed by atoms with Crippen molar-refractivity contribution in [2.24, 2.45) is 5.92 Å². The van der Waals surface area contributed by atoms with E-state index in [9.17, 15) is 4.79 Å². The average molecular weight is 226 g/mol. The van der Waals surface area contributed by atoms with Gasteiger partial charge in [0.2, 0.25) is 5.91 Å². The molecule has 2 atom stereocenters. The lowest BCUT2D eigenvalue weighted by Crippen LogP contribution is -2.41. The number of hydrogen-bond acceptors (Lipinski definition) is 1. The van der Waals surface area contributed by atoms with Crippen LogP contribution in [0.1, 0.15) is 0 Å². The minimum atomic E-state index is -0.0249. The number of nitrogens with one attached hydrogen (secondary N) is 1. The lowest BCUT2D eigenvalue weighted by Gasteiger charge is -2.28. The van der Waals surface area contributed by atoms with Crippen LogP contribution in [-0.4, -0.2) is 11.9 Å². The van der Waals surface area contributed by atoms with Crippen LogP contribution < -0.4 is 5.32 Å². The second-order valence-corrected chi connectivity index (χ2v) is 3.77. The van der Waals surface area contributed by atoms with Crippen LogP contribution in [0.4, 0.5) is 0 Å². The molecule has 0 radical (unpaired) electrons. The molecule has 0 saturated carbocycles. The Morgan fingerprint density at radius 3 is 2.92 bits per heavy atom. The Morgan fingerprint density at radius 1 is 1.33 bits per heavy atom. The lowest BCUT2D eigenvalue weighted by atomic mass is 9.92. The zero-order valence-corrected chi connectivity index (χ0v) is 7.91. The highest BCUT2D eigenvalue weighted by atomic mass is 79.9. The van der Waals surface area contributed by atoms with Crippen molar-refractivity contribution < 1.29 is 4.79 Å². The highest BCUT2D eigenvalue weighted by Crippen LogP contribution is 2.28. The molecule has 1 aliphatic heterocycles. The maximum atomic E-state index is 11.1. The highest BCUT2D eigenvalue weighted by molar-refractivity contribution is 9.11. The number of amides is 1. The van der Waals surface area contributed by atoms with E-state index in [0.717, 1.165) is 4.48 Å². The molecule has 12 heavy (non-hydrogen) atoms. The van der Waals surface area contributed by atoms with Gasteiger partial charge in [0, 0.05) is 16.5 Å². The third-order valence-electron chi connectivity index (χ3n) is 2.03. The number of carbonyl (C=O) groups excluding carboxylic acids is 1. The molecule has 1 amide bonds. The van der Waals surface area contributed by atoms with Crippen LogP contribution in [0.5, 0.6) is 0 Å². The van der Waals surface area contributed by atoms with Crippen molar-refractivity contribution in [3.63, 3.8) is 0 Å². The highest BCUT2D eigenvalue weighted by Gasteiger charge is 2.26. The summed E-state index contributed by atoms with van der Waals surface area (Å²) in [5.41, 5.74) is 0. The molecule has 0 aromatic heterocycles. The van der Waals surface area contributed by atoms with E-state index in [4.69, 9.17) is 0 Å². The van der Waals surface area contributed by atoms with E-state index in [1.54, 1.807) is 6.08 Å². The normalized spacial score (nSPS) is 32.4. The summed E-state index contributed by atoms with van der Waals surface area (Å²) in [5.74, 6) is 0.260. The first-order valence-corrected chi connectivity index (χ1v) is 4.59. The van der Waals surface area contributed by atoms with E-state index in [0.29, 0.717) is 0 Å². The van der Waals surface area contributed by atoms with Crippen molar-refractivity contribution in [2.45, 2.75) is 6.04 Å². The fraction of sp³-hybridized carbons (Fsp3) is 0.222. The van der Waals surface area contributed by atoms with Crippen LogP contribution in [0.2, 0.25) is 0 Å². The minimum Gasteiger partial charge on any atom is -0.345 e. The van der Waals surface area contributed by atoms with Gasteiger partial charge >= 0.3 is 0 Å². The third-order valence-corrected chi connectivity index (χ3v) is 2.79. The van der Waals surface area contributed by atoms with Crippen molar-refractivity contribution in [3.05, 3.63) is 34.9 Å². The van der Waals surface area contributed by atoms with Gasteiger partial charge in [0.15, 0.2) is 0 Å². The molecule has 0 aromatic rings. The second-order valence-electron chi connectivity index (χ2n) is 2.86. The Bertz CT molecular complexity index is 304. The van der Waals surface area contributed by atoms with Gasteiger partial charge in [-0.15, -0.1) is 0 Å². The SMILES string of the molecule is O=C1C=C(Br)C2C=CC=CC2N1. The topological polar surface area (TPSA) is 29.1 Å². The number of halogens is 1. The Balaban J connectivity index is 2.34. The fourth-order valence-electron chi connectivity index (χ4n) is 1.44. The molecule has 0 aromatic carbocycles. The Hall–Kier alpha value is -0.830. The lowest BCUT2D eigenvalue weighted by molar-refractivity contribution is -0.117. The summed E-state index contributed by atoms with van der Waals surface area (Å²) in [6.45, 7) is 0. The molecule has 0 fully saturated rings. The summed E-state index contributed by atoms with van der Waals surface area (Å²) in [6, 6.07) is 0.127. The van der Waals surface area contributed by atoms with Crippen LogP contribution in [0, 0.1) is 5.92 Å². The molecule has 1 N–H and O–H groups in total. The van der Waals surface area contributed by atoms with Gasteiger partial charge < -0.3 is 5.32 Å². The first-order chi connectivity index (χ1) is 5.77. The third kappa shape index (κ3) is 1.25. The smallest absolute Gasteiger partial charge is 0.245 e. The molecule has 2 aliphatic rings. The van der Waals surface area contributed by atoms with Gasteiger partial charge in [0.1, 0.15) is 0 Å². The summed E-state index contributed by atoms with van der Waals surface area (Å²) in [7, 11) is 0. The molecule has 3 heteroatoms. The Labute approximate surface area is 79.2 Å². The molecule has 1 heterocycles. The van der Waals surface area contributed by atoms with Crippen molar-refractivity contribution in [3.8, 4) is 0 Å². The largest absolute Gasteiger partial charge is 0.345 e. The summed E-state index contributed by atoms with van der Waals surface area (Å²) in [5, 5.41) is 2.87. The summed E-state index contributed by atoms with van der Waals surface area (Å²) < 4.78 is 0.955. The first kappa shape index (κ1) is 7.80. The predicted molar refractivity (Wildman–Crippen MR) is 50.7 cm³/mol. The zero-order chi connectivity index (χ0) is 8.55. The van der Waals surface area contributed by atoms with E-state index < -0.39 is 0 Å². The molecule has 0 bridgehead atoms. The number of fused-ring (bicyclic) bond motifs is 1. The summed E-state index contributed by atoms with van der Waals surface area (Å²) in [4.78, 5) is 11.1. The quantitative estimate of drug-likeness (QED) is 0.666. The molecule has 2 nitrogen and oxygen atoms in total. The molecule has 1 aliphatic carbocycles. The van der Waals surface area contributed by atoms with Gasteiger partial charge in [-0.25, -0.2) is 0 Å². The van der Waals surface area contributed by atoms with Crippen LogP contribution in [0.15, 0.2) is 34.9 Å². The monoisotopic (exact) mass is 225 g/mol. The Kier molecular flexibility index (Phi) is 1.89. The Morgan fingerprint density at radius 2 is 2.08 bits per heavy atom. The van der Waals surface area contributed by atoms with Crippen LogP contribution in [0.3, 0.4) is 0 Å². The standard InChI is InChI=1S/C9H8BrNO/c10-7-5-9(12)11-8-4-2-1-3-6(7)8/h1-6,8H,(H,11,12). The average Bonchev–Trinajstić information content (AvgIpc) is 2.04. The fourth-order valence-corrected chi connectivity index (χ4v) is 2.08. The van der Waals surface area contributed by atoms with E-state index in [1.165, 1.54) is 0 Å². The van der Waals surface area contributed by atoms with E-state index in [2.05, 4.69) is 27.3 Å². The van der Waals surface area contributed by atoms with E-state index in [-0.39, 0.29) is 17.9 Å². The maximum Gasteiger partial charge on any atom is 0.245 e. The number of rotatable bonds is 0. The van der Waals surface area contributed by atoms with E-state index in [1.807, 2.05) is 18.2 Å². The van der Waals surface area contributed by atoms with Gasteiger partial charge in [-0.2, -0.15) is 0 Å². The van der Waals surface area contributed by atoms with Crippen LogP contribution >= 0.6 is 15.9 Å². The first-order valence-electron chi connectivity index (χ1n) is 3.80. The summed E-state index contributed by atoms with van der Waals surface area (Å²) in [6.07, 6.45) is 9.60. The maximum absolute atomic E-state index is 11.1.